The maximum atomic E-state index is 12.5. The molecule has 2 aromatic rings. The van der Waals surface area contributed by atoms with Gasteiger partial charge in [-0.2, -0.15) is 5.26 Å². The molecule has 2 heterocycles. The first kappa shape index (κ1) is 16.5. The van der Waals surface area contributed by atoms with Crippen molar-refractivity contribution in [3.63, 3.8) is 0 Å². The largest absolute Gasteiger partial charge is 0.346 e. The van der Waals surface area contributed by atoms with E-state index in [-0.39, 0.29) is 5.91 Å². The summed E-state index contributed by atoms with van der Waals surface area (Å²) in [6.45, 7) is 3.36. The van der Waals surface area contributed by atoms with Gasteiger partial charge >= 0.3 is 0 Å². The van der Waals surface area contributed by atoms with Crippen LogP contribution in [0.4, 0.5) is 5.13 Å². The van der Waals surface area contributed by atoms with E-state index in [1.807, 2.05) is 28.6 Å². The van der Waals surface area contributed by atoms with Gasteiger partial charge in [0.2, 0.25) is 5.91 Å². The van der Waals surface area contributed by atoms with Gasteiger partial charge in [0, 0.05) is 44.2 Å². The smallest absolute Gasteiger partial charge is 0.222 e. The van der Waals surface area contributed by atoms with Crippen molar-refractivity contribution in [3.8, 4) is 6.07 Å². The van der Waals surface area contributed by atoms with Crippen LogP contribution in [0.15, 0.2) is 35.8 Å². The molecule has 0 atom stereocenters. The Balaban J connectivity index is 1.50. The minimum Gasteiger partial charge on any atom is -0.346 e. The summed E-state index contributed by atoms with van der Waals surface area (Å²) in [5, 5.41) is 11.8. The standard InChI is InChI=1S/C18H20N4OS/c19-14-16-4-2-15(3-5-16)6-7-17(23)21-9-1-10-22(12-11-21)18-20-8-13-24-18/h2-5,8,13H,1,6-7,9-12H2. The zero-order chi connectivity index (χ0) is 16.8. The summed E-state index contributed by atoms with van der Waals surface area (Å²) < 4.78 is 0. The Morgan fingerprint density at radius 2 is 2.04 bits per heavy atom. The predicted octanol–water partition coefficient (Wildman–Crippen LogP) is 2.69. The first-order chi connectivity index (χ1) is 11.8. The number of nitriles is 1. The number of thiazole rings is 1. The molecule has 1 aliphatic rings. The van der Waals surface area contributed by atoms with Gasteiger partial charge in [-0.05, 0) is 30.5 Å². The van der Waals surface area contributed by atoms with E-state index in [0.29, 0.717) is 12.0 Å². The highest BCUT2D eigenvalue weighted by atomic mass is 32.1. The Labute approximate surface area is 146 Å². The Kier molecular flexibility index (Phi) is 5.44. The number of nitrogens with zero attached hydrogens (tertiary/aromatic N) is 4. The van der Waals surface area contributed by atoms with E-state index in [1.165, 1.54) is 0 Å². The summed E-state index contributed by atoms with van der Waals surface area (Å²) in [6.07, 6.45) is 4.04. The molecular weight excluding hydrogens is 320 g/mol. The molecule has 1 aromatic heterocycles. The number of carbonyl (C=O) groups is 1. The van der Waals surface area contributed by atoms with Crippen molar-refractivity contribution < 1.29 is 4.79 Å². The molecule has 0 unspecified atom stereocenters. The van der Waals surface area contributed by atoms with E-state index in [9.17, 15) is 4.79 Å². The summed E-state index contributed by atoms with van der Waals surface area (Å²) in [5.74, 6) is 0.209. The van der Waals surface area contributed by atoms with Crippen LogP contribution in [-0.4, -0.2) is 42.0 Å². The molecule has 1 saturated heterocycles. The first-order valence-corrected chi connectivity index (χ1v) is 9.05. The van der Waals surface area contributed by atoms with Gasteiger partial charge in [-0.15, -0.1) is 11.3 Å². The van der Waals surface area contributed by atoms with Crippen molar-refractivity contribution in [3.05, 3.63) is 47.0 Å². The van der Waals surface area contributed by atoms with Crippen molar-refractivity contribution in [2.75, 3.05) is 31.1 Å². The number of aryl methyl sites for hydroxylation is 1. The quantitative estimate of drug-likeness (QED) is 0.858. The van der Waals surface area contributed by atoms with E-state index < -0.39 is 0 Å². The molecule has 3 rings (SSSR count). The summed E-state index contributed by atoms with van der Waals surface area (Å²) in [7, 11) is 0. The van der Waals surface area contributed by atoms with E-state index in [0.717, 1.165) is 49.7 Å². The van der Waals surface area contributed by atoms with Gasteiger partial charge in [-0.25, -0.2) is 4.98 Å². The van der Waals surface area contributed by atoms with Gasteiger partial charge in [0.05, 0.1) is 11.6 Å². The maximum absolute atomic E-state index is 12.5. The third kappa shape index (κ3) is 4.12. The van der Waals surface area contributed by atoms with Crippen molar-refractivity contribution in [2.24, 2.45) is 0 Å². The molecule has 0 radical (unpaired) electrons. The zero-order valence-corrected chi connectivity index (χ0v) is 14.3. The molecule has 24 heavy (non-hydrogen) atoms. The van der Waals surface area contributed by atoms with Crippen LogP contribution in [0.1, 0.15) is 24.0 Å². The second-order valence-electron chi connectivity index (χ2n) is 5.84. The predicted molar refractivity (Wildman–Crippen MR) is 95.0 cm³/mol. The molecule has 124 valence electrons. The van der Waals surface area contributed by atoms with Crippen molar-refractivity contribution >= 4 is 22.4 Å². The highest BCUT2D eigenvalue weighted by molar-refractivity contribution is 7.13. The molecular formula is C18H20N4OS. The second kappa shape index (κ2) is 7.93. The molecule has 1 amide bonds. The maximum Gasteiger partial charge on any atom is 0.222 e. The lowest BCUT2D eigenvalue weighted by molar-refractivity contribution is -0.130. The average Bonchev–Trinajstić information content (AvgIpc) is 3.04. The van der Waals surface area contributed by atoms with Crippen LogP contribution in [0, 0.1) is 11.3 Å². The first-order valence-electron chi connectivity index (χ1n) is 8.17. The number of amides is 1. The Hall–Kier alpha value is -2.39. The fraction of sp³-hybridized carbons (Fsp3) is 0.389. The summed E-state index contributed by atoms with van der Waals surface area (Å²) in [5.41, 5.74) is 1.75. The van der Waals surface area contributed by atoms with Crippen LogP contribution < -0.4 is 4.90 Å². The highest BCUT2D eigenvalue weighted by Crippen LogP contribution is 2.19. The van der Waals surface area contributed by atoms with E-state index in [2.05, 4.69) is 16.0 Å². The van der Waals surface area contributed by atoms with Crippen LogP contribution in [-0.2, 0) is 11.2 Å². The van der Waals surface area contributed by atoms with Crippen molar-refractivity contribution in [1.29, 1.82) is 5.26 Å². The van der Waals surface area contributed by atoms with Crippen LogP contribution in [0.5, 0.6) is 0 Å². The minimum absolute atomic E-state index is 0.209. The Bertz CT molecular complexity index is 706. The average molecular weight is 340 g/mol. The fourth-order valence-electron chi connectivity index (χ4n) is 2.89. The minimum atomic E-state index is 0.209. The van der Waals surface area contributed by atoms with Crippen molar-refractivity contribution in [2.45, 2.75) is 19.3 Å². The Morgan fingerprint density at radius 1 is 1.21 bits per heavy atom. The third-order valence-electron chi connectivity index (χ3n) is 4.25. The summed E-state index contributed by atoms with van der Waals surface area (Å²) in [6, 6.07) is 9.57. The molecule has 0 saturated carbocycles. The number of rotatable bonds is 4. The normalized spacial score (nSPS) is 15.0. The molecule has 0 aliphatic carbocycles. The molecule has 0 N–H and O–H groups in total. The highest BCUT2D eigenvalue weighted by Gasteiger charge is 2.20. The van der Waals surface area contributed by atoms with Crippen LogP contribution >= 0.6 is 11.3 Å². The summed E-state index contributed by atoms with van der Waals surface area (Å²) in [4.78, 5) is 21.1. The number of anilines is 1. The molecule has 1 aliphatic heterocycles. The van der Waals surface area contributed by atoms with Gasteiger partial charge in [-0.3, -0.25) is 4.79 Å². The van der Waals surface area contributed by atoms with Crippen molar-refractivity contribution in [1.82, 2.24) is 9.88 Å². The third-order valence-corrected chi connectivity index (χ3v) is 5.08. The van der Waals surface area contributed by atoms with Crippen LogP contribution in [0.3, 0.4) is 0 Å². The van der Waals surface area contributed by atoms with Gasteiger partial charge in [0.15, 0.2) is 5.13 Å². The zero-order valence-electron chi connectivity index (χ0n) is 13.5. The molecule has 0 bridgehead atoms. The fourth-order valence-corrected chi connectivity index (χ4v) is 3.58. The van der Waals surface area contributed by atoms with Gasteiger partial charge in [-0.1, -0.05) is 12.1 Å². The lowest BCUT2D eigenvalue weighted by Crippen LogP contribution is -2.35. The molecule has 1 fully saturated rings. The van der Waals surface area contributed by atoms with Gasteiger partial charge in [0.1, 0.15) is 0 Å². The lowest BCUT2D eigenvalue weighted by atomic mass is 10.1. The van der Waals surface area contributed by atoms with Gasteiger partial charge in [0.25, 0.3) is 0 Å². The van der Waals surface area contributed by atoms with Gasteiger partial charge < -0.3 is 9.80 Å². The molecule has 0 spiro atoms. The summed E-state index contributed by atoms with van der Waals surface area (Å²) >= 11 is 1.65. The number of carbonyl (C=O) groups excluding carboxylic acids is 1. The molecule has 6 heteroatoms. The second-order valence-corrected chi connectivity index (χ2v) is 6.72. The van der Waals surface area contributed by atoms with E-state index in [1.54, 1.807) is 23.5 Å². The number of benzene rings is 1. The monoisotopic (exact) mass is 340 g/mol. The van der Waals surface area contributed by atoms with Crippen LogP contribution in [0.2, 0.25) is 0 Å². The molecule has 1 aromatic carbocycles. The number of aromatic nitrogens is 1. The van der Waals surface area contributed by atoms with Crippen LogP contribution in [0.25, 0.3) is 0 Å². The SMILES string of the molecule is N#Cc1ccc(CCC(=O)N2CCCN(c3nccs3)CC2)cc1. The number of hydrogen-bond acceptors (Lipinski definition) is 5. The number of hydrogen-bond donors (Lipinski definition) is 0. The van der Waals surface area contributed by atoms with E-state index in [4.69, 9.17) is 5.26 Å². The Morgan fingerprint density at radius 3 is 2.75 bits per heavy atom. The molecule has 5 nitrogen and oxygen atoms in total. The van der Waals surface area contributed by atoms with E-state index >= 15 is 0 Å². The topological polar surface area (TPSA) is 60.2 Å². The lowest BCUT2D eigenvalue weighted by Gasteiger charge is -2.21.